The number of para-hydroxylation sites is 1. The van der Waals surface area contributed by atoms with Crippen LogP contribution in [-0.4, -0.2) is 31.7 Å². The van der Waals surface area contributed by atoms with Crippen molar-refractivity contribution in [1.29, 1.82) is 0 Å². The van der Waals surface area contributed by atoms with E-state index in [9.17, 15) is 4.79 Å². The van der Waals surface area contributed by atoms with E-state index in [1.807, 2.05) is 41.9 Å². The molecule has 2 aromatic carbocycles. The molecule has 6 nitrogen and oxygen atoms in total. The SMILES string of the molecule is Cc1nc2n(n1)CC(NC(=O)c1c3c(nc4ccccc14)/C(=C\c1ccccc1)CCC3)CC2. The fraction of sp³-hybridized carbons (Fsp3) is 0.286. The summed E-state index contributed by atoms with van der Waals surface area (Å²) in [5.41, 5.74) is 6.04. The number of nitrogens with zero attached hydrogens (tertiary/aromatic N) is 4. The van der Waals surface area contributed by atoms with E-state index in [4.69, 9.17) is 4.98 Å². The normalized spacial score (nSPS) is 18.5. The first kappa shape index (κ1) is 20.8. The molecule has 3 heterocycles. The maximum absolute atomic E-state index is 13.8. The van der Waals surface area contributed by atoms with E-state index in [0.717, 1.165) is 77.0 Å². The predicted molar refractivity (Wildman–Crippen MR) is 133 cm³/mol. The molecule has 1 unspecified atom stereocenters. The molecule has 0 fully saturated rings. The summed E-state index contributed by atoms with van der Waals surface area (Å²) in [7, 11) is 0. The number of aryl methyl sites for hydroxylation is 2. The molecule has 170 valence electrons. The van der Waals surface area contributed by atoms with Crippen molar-refractivity contribution in [2.24, 2.45) is 0 Å². The Balaban J connectivity index is 1.40. The van der Waals surface area contributed by atoms with Crippen LogP contribution in [0.1, 0.15) is 58.1 Å². The number of benzene rings is 2. The molecular formula is C28H27N5O. The lowest BCUT2D eigenvalue weighted by Gasteiger charge is -2.26. The lowest BCUT2D eigenvalue weighted by atomic mass is 9.85. The number of pyridine rings is 1. The van der Waals surface area contributed by atoms with Crippen molar-refractivity contribution in [1.82, 2.24) is 25.1 Å². The van der Waals surface area contributed by atoms with Crippen LogP contribution in [0.25, 0.3) is 22.6 Å². The zero-order valence-electron chi connectivity index (χ0n) is 19.3. The number of amides is 1. The summed E-state index contributed by atoms with van der Waals surface area (Å²) in [5, 5.41) is 8.73. The lowest BCUT2D eigenvalue weighted by Crippen LogP contribution is -2.41. The monoisotopic (exact) mass is 449 g/mol. The minimum atomic E-state index is -0.0129. The predicted octanol–water partition coefficient (Wildman–Crippen LogP) is 4.76. The Morgan fingerprint density at radius 1 is 1.03 bits per heavy atom. The van der Waals surface area contributed by atoms with Crippen LogP contribution in [0.2, 0.25) is 0 Å². The molecule has 0 radical (unpaired) electrons. The fourth-order valence-electron chi connectivity index (χ4n) is 5.29. The lowest BCUT2D eigenvalue weighted by molar-refractivity contribution is 0.0926. The van der Waals surface area contributed by atoms with Gasteiger partial charge in [-0.15, -0.1) is 0 Å². The first-order valence-corrected chi connectivity index (χ1v) is 12.0. The fourth-order valence-corrected chi connectivity index (χ4v) is 5.29. The molecule has 0 spiro atoms. The molecule has 6 heteroatoms. The molecule has 4 aromatic rings. The van der Waals surface area contributed by atoms with Gasteiger partial charge in [0.1, 0.15) is 11.6 Å². The van der Waals surface area contributed by atoms with Crippen LogP contribution < -0.4 is 5.32 Å². The number of hydrogen-bond donors (Lipinski definition) is 1. The highest BCUT2D eigenvalue weighted by Crippen LogP contribution is 2.36. The number of fused-ring (bicyclic) bond motifs is 3. The molecule has 1 N–H and O–H groups in total. The van der Waals surface area contributed by atoms with Crippen LogP contribution in [0.5, 0.6) is 0 Å². The van der Waals surface area contributed by atoms with E-state index in [0.29, 0.717) is 6.54 Å². The molecule has 0 bridgehead atoms. The summed E-state index contributed by atoms with van der Waals surface area (Å²) in [6, 6.07) is 18.4. The second-order valence-corrected chi connectivity index (χ2v) is 9.23. The van der Waals surface area contributed by atoms with Gasteiger partial charge in [-0.3, -0.25) is 4.79 Å². The highest BCUT2D eigenvalue weighted by molar-refractivity contribution is 6.09. The Labute approximate surface area is 198 Å². The number of carbonyl (C=O) groups is 1. The molecule has 1 aliphatic heterocycles. The van der Waals surface area contributed by atoms with Crippen molar-refractivity contribution in [3.8, 4) is 0 Å². The minimum absolute atomic E-state index is 0.0129. The van der Waals surface area contributed by atoms with Crippen LogP contribution in [-0.2, 0) is 19.4 Å². The topological polar surface area (TPSA) is 72.7 Å². The summed E-state index contributed by atoms with van der Waals surface area (Å²) in [5.74, 6) is 1.78. The van der Waals surface area contributed by atoms with Crippen LogP contribution in [0.3, 0.4) is 0 Å². The number of carbonyl (C=O) groups excluding carboxylic acids is 1. The molecule has 34 heavy (non-hydrogen) atoms. The standard InChI is InChI=1S/C28H27N5O/c1-18-29-25-15-14-21(17-33(25)32-18)30-28(34)26-22-11-5-6-13-24(22)31-27-20(10-7-12-23(26)27)16-19-8-3-2-4-9-19/h2-6,8-9,11,13,16,21H,7,10,12,14-15,17H2,1H3,(H,30,34)/b20-16-. The van der Waals surface area contributed by atoms with Gasteiger partial charge in [-0.05, 0) is 61.4 Å². The van der Waals surface area contributed by atoms with Gasteiger partial charge in [0.2, 0.25) is 0 Å². The Morgan fingerprint density at radius 3 is 2.74 bits per heavy atom. The number of rotatable bonds is 3. The summed E-state index contributed by atoms with van der Waals surface area (Å²) < 4.78 is 1.94. The summed E-state index contributed by atoms with van der Waals surface area (Å²) in [6.07, 6.45) is 6.75. The average molecular weight is 450 g/mol. The number of allylic oxidation sites excluding steroid dienone is 1. The molecule has 6 rings (SSSR count). The van der Waals surface area contributed by atoms with Crippen LogP contribution >= 0.6 is 0 Å². The van der Waals surface area contributed by atoms with Gasteiger partial charge in [0.25, 0.3) is 5.91 Å². The minimum Gasteiger partial charge on any atom is -0.347 e. The van der Waals surface area contributed by atoms with Crippen LogP contribution in [0.15, 0.2) is 54.6 Å². The van der Waals surface area contributed by atoms with E-state index >= 15 is 0 Å². The quantitative estimate of drug-likeness (QED) is 0.490. The van der Waals surface area contributed by atoms with Gasteiger partial charge in [0.05, 0.1) is 23.3 Å². The zero-order valence-corrected chi connectivity index (χ0v) is 19.3. The van der Waals surface area contributed by atoms with E-state index < -0.39 is 0 Å². The third-order valence-corrected chi connectivity index (χ3v) is 6.84. The van der Waals surface area contributed by atoms with Crippen molar-refractivity contribution in [3.63, 3.8) is 0 Å². The second-order valence-electron chi connectivity index (χ2n) is 9.23. The second kappa shape index (κ2) is 8.52. The van der Waals surface area contributed by atoms with Gasteiger partial charge in [-0.1, -0.05) is 48.5 Å². The van der Waals surface area contributed by atoms with Gasteiger partial charge < -0.3 is 5.32 Å². The molecule has 0 saturated heterocycles. The van der Waals surface area contributed by atoms with Crippen molar-refractivity contribution in [2.45, 2.75) is 51.6 Å². The summed E-state index contributed by atoms with van der Waals surface area (Å²) >= 11 is 0. The zero-order chi connectivity index (χ0) is 23.1. The number of nitrogens with one attached hydrogen (secondary N) is 1. The largest absolute Gasteiger partial charge is 0.347 e. The number of aromatic nitrogens is 4. The average Bonchev–Trinajstić information content (AvgIpc) is 3.23. The van der Waals surface area contributed by atoms with Crippen molar-refractivity contribution in [2.75, 3.05) is 0 Å². The van der Waals surface area contributed by atoms with E-state index in [1.54, 1.807) is 0 Å². The summed E-state index contributed by atoms with van der Waals surface area (Å²) in [4.78, 5) is 23.3. The van der Waals surface area contributed by atoms with E-state index in [1.165, 1.54) is 5.57 Å². The van der Waals surface area contributed by atoms with Gasteiger partial charge in [0.15, 0.2) is 0 Å². The molecular weight excluding hydrogens is 422 g/mol. The van der Waals surface area contributed by atoms with Gasteiger partial charge >= 0.3 is 0 Å². The van der Waals surface area contributed by atoms with E-state index in [2.05, 4.69) is 45.7 Å². The Hall–Kier alpha value is -3.80. The smallest absolute Gasteiger partial charge is 0.252 e. The van der Waals surface area contributed by atoms with Gasteiger partial charge in [-0.25, -0.2) is 14.6 Å². The summed E-state index contributed by atoms with van der Waals surface area (Å²) in [6.45, 7) is 2.57. The molecule has 2 aromatic heterocycles. The molecule has 1 amide bonds. The Bertz CT molecular complexity index is 1420. The Morgan fingerprint density at radius 2 is 1.85 bits per heavy atom. The van der Waals surface area contributed by atoms with Crippen LogP contribution in [0, 0.1) is 6.92 Å². The van der Waals surface area contributed by atoms with Gasteiger partial charge in [-0.2, -0.15) is 5.10 Å². The van der Waals surface area contributed by atoms with Crippen molar-refractivity contribution < 1.29 is 4.79 Å². The van der Waals surface area contributed by atoms with Crippen molar-refractivity contribution in [3.05, 3.63) is 88.6 Å². The van der Waals surface area contributed by atoms with Crippen LogP contribution in [0.4, 0.5) is 0 Å². The molecule has 1 atom stereocenters. The number of hydrogen-bond acceptors (Lipinski definition) is 4. The van der Waals surface area contributed by atoms with Gasteiger partial charge in [0, 0.05) is 17.8 Å². The third-order valence-electron chi connectivity index (χ3n) is 6.84. The third kappa shape index (κ3) is 3.79. The maximum Gasteiger partial charge on any atom is 0.252 e. The first-order valence-electron chi connectivity index (χ1n) is 12.0. The van der Waals surface area contributed by atoms with Crippen molar-refractivity contribution >= 4 is 28.5 Å². The Kier molecular flexibility index (Phi) is 5.21. The first-order chi connectivity index (χ1) is 16.7. The molecule has 0 saturated carbocycles. The molecule has 1 aliphatic carbocycles. The highest BCUT2D eigenvalue weighted by Gasteiger charge is 2.28. The molecule has 2 aliphatic rings. The maximum atomic E-state index is 13.8. The van der Waals surface area contributed by atoms with E-state index in [-0.39, 0.29) is 11.9 Å². The highest BCUT2D eigenvalue weighted by atomic mass is 16.1.